The molecule has 0 unspecified atom stereocenters. The SMILES string of the molecule is N#CN(C(=O)OC=O)[N+](=O)[O-]. The van der Waals surface area contributed by atoms with Gasteiger partial charge < -0.3 is 4.74 Å². The fraction of sp³-hybridized carbons (Fsp3) is 0. The van der Waals surface area contributed by atoms with Gasteiger partial charge >= 0.3 is 12.6 Å². The first-order chi connectivity index (χ1) is 5.13. The lowest BCUT2D eigenvalue weighted by Gasteiger charge is -1.97. The number of hydrazine groups is 1. The van der Waals surface area contributed by atoms with Crippen molar-refractivity contribution in [3.8, 4) is 6.19 Å². The van der Waals surface area contributed by atoms with Crippen molar-refractivity contribution in [2.45, 2.75) is 0 Å². The maximum Gasteiger partial charge on any atom is 0.491 e. The van der Waals surface area contributed by atoms with E-state index in [1.807, 2.05) is 0 Å². The largest absolute Gasteiger partial charge is 0.491 e. The van der Waals surface area contributed by atoms with Gasteiger partial charge in [-0.25, -0.2) is 14.9 Å². The van der Waals surface area contributed by atoms with E-state index in [4.69, 9.17) is 5.26 Å². The normalized spacial score (nSPS) is 7.55. The summed E-state index contributed by atoms with van der Waals surface area (Å²) in [5.74, 6) is 0. The van der Waals surface area contributed by atoms with Gasteiger partial charge in [-0.15, -0.1) is 0 Å². The summed E-state index contributed by atoms with van der Waals surface area (Å²) in [4.78, 5) is 29.4. The lowest BCUT2D eigenvalue weighted by Crippen LogP contribution is -2.31. The minimum atomic E-state index is -1.65. The number of rotatable bonds is 2. The van der Waals surface area contributed by atoms with E-state index in [0.29, 0.717) is 0 Å². The topological polar surface area (TPSA) is 114 Å². The van der Waals surface area contributed by atoms with E-state index in [1.54, 1.807) is 0 Å². The monoisotopic (exact) mass is 159 g/mol. The Morgan fingerprint density at radius 3 is 2.64 bits per heavy atom. The van der Waals surface area contributed by atoms with Gasteiger partial charge in [-0.3, -0.25) is 4.79 Å². The molecule has 0 bridgehead atoms. The van der Waals surface area contributed by atoms with Gasteiger partial charge in [0.1, 0.15) is 0 Å². The summed E-state index contributed by atoms with van der Waals surface area (Å²) in [7, 11) is 0. The fourth-order valence-electron chi connectivity index (χ4n) is 0.235. The Bertz CT molecular complexity index is 230. The summed E-state index contributed by atoms with van der Waals surface area (Å²) in [5, 5.41) is 15.8. The molecule has 8 heteroatoms. The van der Waals surface area contributed by atoms with Gasteiger partial charge in [0.15, 0.2) is 5.03 Å². The van der Waals surface area contributed by atoms with Crippen LogP contribution >= 0.6 is 0 Å². The lowest BCUT2D eigenvalue weighted by atomic mass is 11.0. The number of ether oxygens (including phenoxy) is 1. The van der Waals surface area contributed by atoms with E-state index < -0.39 is 16.1 Å². The Morgan fingerprint density at radius 2 is 2.36 bits per heavy atom. The second-order valence-corrected chi connectivity index (χ2v) is 1.13. The van der Waals surface area contributed by atoms with E-state index in [0.717, 1.165) is 6.19 Å². The van der Waals surface area contributed by atoms with Crippen LogP contribution in [0.3, 0.4) is 0 Å². The molecule has 11 heavy (non-hydrogen) atoms. The molecule has 0 rings (SSSR count). The first-order valence-corrected chi connectivity index (χ1v) is 2.12. The fourth-order valence-corrected chi connectivity index (χ4v) is 0.235. The zero-order valence-electron chi connectivity index (χ0n) is 4.96. The molecule has 0 aliphatic heterocycles. The Kier molecular flexibility index (Phi) is 3.03. The molecule has 0 radical (unpaired) electrons. The first-order valence-electron chi connectivity index (χ1n) is 2.12. The minimum absolute atomic E-state index is 0.309. The van der Waals surface area contributed by atoms with Crippen LogP contribution in [-0.2, 0) is 9.53 Å². The second-order valence-electron chi connectivity index (χ2n) is 1.13. The molecule has 0 saturated heterocycles. The molecule has 0 aromatic heterocycles. The highest BCUT2D eigenvalue weighted by atomic mass is 16.7. The molecule has 0 spiro atoms. The molecule has 0 atom stereocenters. The molecule has 0 fully saturated rings. The molecule has 0 aliphatic carbocycles. The zero-order chi connectivity index (χ0) is 8.85. The van der Waals surface area contributed by atoms with Crippen LogP contribution in [0.5, 0.6) is 0 Å². The van der Waals surface area contributed by atoms with Crippen molar-refractivity contribution in [1.82, 2.24) is 5.01 Å². The summed E-state index contributed by atoms with van der Waals surface area (Å²) in [6.07, 6.45) is -0.759. The molecule has 58 valence electrons. The van der Waals surface area contributed by atoms with Crippen molar-refractivity contribution in [2.24, 2.45) is 0 Å². The highest BCUT2D eigenvalue weighted by Crippen LogP contribution is 1.89. The molecule has 0 aromatic carbocycles. The highest BCUT2D eigenvalue weighted by Gasteiger charge is 2.25. The zero-order valence-corrected chi connectivity index (χ0v) is 4.96. The molecule has 0 heterocycles. The Balaban J connectivity index is 4.29. The minimum Gasteiger partial charge on any atom is -0.374 e. The molecule has 1 amide bonds. The number of carbonyl (C=O) groups excluding carboxylic acids is 2. The van der Waals surface area contributed by atoms with E-state index in [-0.39, 0.29) is 6.47 Å². The lowest BCUT2D eigenvalue weighted by molar-refractivity contribution is -0.615. The molecule has 0 aliphatic rings. The summed E-state index contributed by atoms with van der Waals surface area (Å²) in [6.45, 7) is -0.309. The van der Waals surface area contributed by atoms with Crippen molar-refractivity contribution in [3.63, 3.8) is 0 Å². The van der Waals surface area contributed by atoms with Gasteiger partial charge in [-0.1, -0.05) is 0 Å². The van der Waals surface area contributed by atoms with Crippen molar-refractivity contribution in [3.05, 3.63) is 10.1 Å². The van der Waals surface area contributed by atoms with Crippen LogP contribution in [0.2, 0.25) is 0 Å². The highest BCUT2D eigenvalue weighted by molar-refractivity contribution is 5.74. The standard InChI is InChI=1S/C3HN3O5/c4-1-5(6(9)10)3(8)11-2-7/h2H. The van der Waals surface area contributed by atoms with Crippen LogP contribution in [0, 0.1) is 21.6 Å². The van der Waals surface area contributed by atoms with Crippen molar-refractivity contribution in [1.29, 1.82) is 5.26 Å². The Labute approximate surface area is 59.7 Å². The van der Waals surface area contributed by atoms with Gasteiger partial charge in [0.05, 0.1) is 5.01 Å². The summed E-state index contributed by atoms with van der Waals surface area (Å²) >= 11 is 0. The van der Waals surface area contributed by atoms with Crippen LogP contribution in [0.25, 0.3) is 0 Å². The predicted octanol–water partition coefficient (Wildman–Crippen LogP) is -0.746. The first kappa shape index (κ1) is 8.83. The van der Waals surface area contributed by atoms with Gasteiger partial charge in [-0.2, -0.15) is 5.26 Å². The number of hydrogen-bond donors (Lipinski definition) is 0. The number of nitrogens with zero attached hydrogens (tertiary/aromatic N) is 3. The second kappa shape index (κ2) is 3.78. The van der Waals surface area contributed by atoms with Crippen LogP contribution in [0.1, 0.15) is 0 Å². The smallest absolute Gasteiger partial charge is 0.374 e. The van der Waals surface area contributed by atoms with Gasteiger partial charge in [0.25, 0.3) is 6.19 Å². The maximum atomic E-state index is 10.2. The van der Waals surface area contributed by atoms with E-state index in [9.17, 15) is 19.7 Å². The number of amides is 1. The van der Waals surface area contributed by atoms with Gasteiger partial charge in [0, 0.05) is 0 Å². The Morgan fingerprint density at radius 1 is 1.82 bits per heavy atom. The number of carbonyl (C=O) groups is 2. The van der Waals surface area contributed by atoms with Crippen molar-refractivity contribution >= 4 is 12.6 Å². The summed E-state index contributed by atoms with van der Waals surface area (Å²) in [5.41, 5.74) is 0. The maximum absolute atomic E-state index is 10.2. The van der Waals surface area contributed by atoms with Crippen LogP contribution < -0.4 is 0 Å². The molecule has 0 aromatic rings. The summed E-state index contributed by atoms with van der Waals surface area (Å²) < 4.78 is 3.50. The quantitative estimate of drug-likeness (QED) is 0.131. The van der Waals surface area contributed by atoms with Gasteiger partial charge in [0.2, 0.25) is 0 Å². The van der Waals surface area contributed by atoms with E-state index >= 15 is 0 Å². The predicted molar refractivity (Wildman–Crippen MR) is 27.0 cm³/mol. The number of nitro groups is 1. The third kappa shape index (κ3) is 2.27. The number of hydrogen-bond acceptors (Lipinski definition) is 6. The average Bonchev–Trinajstić information content (AvgIpc) is 1.88. The molecular weight excluding hydrogens is 158 g/mol. The van der Waals surface area contributed by atoms with Crippen molar-refractivity contribution in [2.75, 3.05) is 0 Å². The van der Waals surface area contributed by atoms with E-state index in [1.165, 1.54) is 0 Å². The van der Waals surface area contributed by atoms with Crippen LogP contribution in [0.4, 0.5) is 4.79 Å². The molecule has 8 nitrogen and oxygen atoms in total. The van der Waals surface area contributed by atoms with Gasteiger partial charge in [-0.05, 0) is 0 Å². The molecule has 0 saturated carbocycles. The number of nitriles is 1. The van der Waals surface area contributed by atoms with Crippen LogP contribution in [-0.4, -0.2) is 22.6 Å². The third-order valence-electron chi connectivity index (χ3n) is 0.580. The Hall–Kier alpha value is -2.17. The molecule has 0 N–H and O–H groups in total. The molecular formula is C3HN3O5. The third-order valence-corrected chi connectivity index (χ3v) is 0.580. The van der Waals surface area contributed by atoms with E-state index in [2.05, 4.69) is 4.74 Å². The van der Waals surface area contributed by atoms with Crippen molar-refractivity contribution < 1.29 is 19.4 Å². The average molecular weight is 159 g/mol. The van der Waals surface area contributed by atoms with Crippen LogP contribution in [0.15, 0.2) is 0 Å². The summed E-state index contributed by atoms with van der Waals surface area (Å²) in [6, 6.07) is 0.